The standard InChI is InChI=1S/C14H21NO5S/c1-10(2)9-19-4-5-20-14(16)12-6-11(3)7-13(8-12)21(15,17)18/h6-8,10H,4-5,9H2,1-3H3,(H2,15,17,18). The largest absolute Gasteiger partial charge is 0.460 e. The molecule has 0 aromatic heterocycles. The van der Waals surface area contributed by atoms with Crippen molar-refractivity contribution in [3.8, 4) is 0 Å². The van der Waals surface area contributed by atoms with E-state index in [1.54, 1.807) is 13.0 Å². The van der Waals surface area contributed by atoms with Crippen LogP contribution in [0.4, 0.5) is 0 Å². The number of hydrogen-bond donors (Lipinski definition) is 1. The van der Waals surface area contributed by atoms with Crippen molar-refractivity contribution in [2.75, 3.05) is 19.8 Å². The summed E-state index contributed by atoms with van der Waals surface area (Å²) >= 11 is 0. The molecule has 0 spiro atoms. The van der Waals surface area contributed by atoms with Gasteiger partial charge in [-0.25, -0.2) is 18.4 Å². The maximum absolute atomic E-state index is 11.9. The van der Waals surface area contributed by atoms with Gasteiger partial charge in [0.1, 0.15) is 6.61 Å². The Morgan fingerprint density at radius 2 is 1.90 bits per heavy atom. The lowest BCUT2D eigenvalue weighted by Crippen LogP contribution is -2.15. The highest BCUT2D eigenvalue weighted by atomic mass is 32.2. The topological polar surface area (TPSA) is 95.7 Å². The van der Waals surface area contributed by atoms with Crippen molar-refractivity contribution >= 4 is 16.0 Å². The van der Waals surface area contributed by atoms with Crippen LogP contribution in [-0.2, 0) is 19.5 Å². The van der Waals surface area contributed by atoms with E-state index in [4.69, 9.17) is 14.6 Å². The third-order valence-corrected chi connectivity index (χ3v) is 3.42. The summed E-state index contributed by atoms with van der Waals surface area (Å²) in [5.74, 6) is -0.188. The number of esters is 1. The molecule has 21 heavy (non-hydrogen) atoms. The first-order chi connectivity index (χ1) is 9.70. The summed E-state index contributed by atoms with van der Waals surface area (Å²) in [5, 5.41) is 5.06. The van der Waals surface area contributed by atoms with Crippen molar-refractivity contribution in [3.05, 3.63) is 29.3 Å². The fourth-order valence-electron chi connectivity index (χ4n) is 1.63. The number of sulfonamides is 1. The molecule has 0 heterocycles. The number of aryl methyl sites for hydroxylation is 1. The summed E-state index contributed by atoms with van der Waals surface area (Å²) < 4.78 is 33.0. The van der Waals surface area contributed by atoms with E-state index in [2.05, 4.69) is 0 Å². The number of nitrogens with two attached hydrogens (primary N) is 1. The Hall–Kier alpha value is -1.44. The highest BCUT2D eigenvalue weighted by Crippen LogP contribution is 2.14. The lowest BCUT2D eigenvalue weighted by molar-refractivity contribution is 0.0277. The number of benzene rings is 1. The molecule has 0 radical (unpaired) electrons. The van der Waals surface area contributed by atoms with Gasteiger partial charge in [-0.1, -0.05) is 13.8 Å². The summed E-state index contributed by atoms with van der Waals surface area (Å²) in [6.07, 6.45) is 0. The van der Waals surface area contributed by atoms with Gasteiger partial charge >= 0.3 is 5.97 Å². The van der Waals surface area contributed by atoms with E-state index in [0.29, 0.717) is 24.7 Å². The number of primary sulfonamides is 1. The van der Waals surface area contributed by atoms with Crippen LogP contribution in [0.2, 0.25) is 0 Å². The molecule has 0 fully saturated rings. The molecule has 1 aromatic rings. The van der Waals surface area contributed by atoms with Crippen LogP contribution < -0.4 is 5.14 Å². The van der Waals surface area contributed by atoms with Crippen LogP contribution in [0, 0.1) is 12.8 Å². The Balaban J connectivity index is 2.64. The monoisotopic (exact) mass is 315 g/mol. The Morgan fingerprint density at radius 1 is 1.24 bits per heavy atom. The van der Waals surface area contributed by atoms with E-state index in [-0.39, 0.29) is 17.1 Å². The van der Waals surface area contributed by atoms with Gasteiger partial charge in [0.05, 0.1) is 17.1 Å². The molecular weight excluding hydrogens is 294 g/mol. The van der Waals surface area contributed by atoms with E-state index >= 15 is 0 Å². The molecule has 0 aliphatic carbocycles. The molecule has 0 atom stereocenters. The van der Waals surface area contributed by atoms with Crippen molar-refractivity contribution in [2.24, 2.45) is 11.1 Å². The van der Waals surface area contributed by atoms with Crippen molar-refractivity contribution in [1.82, 2.24) is 0 Å². The van der Waals surface area contributed by atoms with E-state index in [9.17, 15) is 13.2 Å². The van der Waals surface area contributed by atoms with Gasteiger partial charge in [0, 0.05) is 6.61 Å². The Bertz CT molecular complexity index is 595. The fraction of sp³-hybridized carbons (Fsp3) is 0.500. The molecule has 2 N–H and O–H groups in total. The molecule has 0 saturated carbocycles. The van der Waals surface area contributed by atoms with Gasteiger partial charge in [-0.05, 0) is 36.6 Å². The Morgan fingerprint density at radius 3 is 2.48 bits per heavy atom. The number of rotatable bonds is 7. The number of hydrogen-bond acceptors (Lipinski definition) is 5. The maximum atomic E-state index is 11.9. The molecule has 0 saturated heterocycles. The summed E-state index contributed by atoms with van der Waals surface area (Å²) in [7, 11) is -3.85. The van der Waals surface area contributed by atoms with Gasteiger partial charge in [0.15, 0.2) is 0 Å². The second-order valence-corrected chi connectivity index (χ2v) is 6.75. The van der Waals surface area contributed by atoms with Crippen LogP contribution in [0.5, 0.6) is 0 Å². The smallest absolute Gasteiger partial charge is 0.338 e. The van der Waals surface area contributed by atoms with E-state index in [1.165, 1.54) is 12.1 Å². The molecule has 6 nitrogen and oxygen atoms in total. The predicted molar refractivity (Wildman–Crippen MR) is 78.5 cm³/mol. The first-order valence-electron chi connectivity index (χ1n) is 6.59. The van der Waals surface area contributed by atoms with Crippen molar-refractivity contribution in [2.45, 2.75) is 25.7 Å². The molecular formula is C14H21NO5S. The van der Waals surface area contributed by atoms with E-state index in [0.717, 1.165) is 0 Å². The van der Waals surface area contributed by atoms with Crippen LogP contribution in [0.15, 0.2) is 23.1 Å². The molecule has 7 heteroatoms. The van der Waals surface area contributed by atoms with Crippen molar-refractivity contribution in [3.63, 3.8) is 0 Å². The quantitative estimate of drug-likeness (QED) is 0.607. The van der Waals surface area contributed by atoms with Gasteiger partial charge in [-0.15, -0.1) is 0 Å². The van der Waals surface area contributed by atoms with Crippen LogP contribution in [0.1, 0.15) is 29.8 Å². The van der Waals surface area contributed by atoms with Gasteiger partial charge in [-0.3, -0.25) is 0 Å². The number of ether oxygens (including phenoxy) is 2. The van der Waals surface area contributed by atoms with Crippen LogP contribution in [-0.4, -0.2) is 34.2 Å². The molecule has 0 amide bonds. The Labute approximate surface area is 125 Å². The first-order valence-corrected chi connectivity index (χ1v) is 8.14. The Kier molecular flexibility index (Phi) is 6.32. The van der Waals surface area contributed by atoms with Crippen molar-refractivity contribution in [1.29, 1.82) is 0 Å². The fourth-order valence-corrected chi connectivity index (χ4v) is 2.27. The molecule has 0 bridgehead atoms. The third kappa shape index (κ3) is 6.24. The second kappa shape index (κ2) is 7.53. The summed E-state index contributed by atoms with van der Waals surface area (Å²) in [6.45, 7) is 6.73. The zero-order valence-electron chi connectivity index (χ0n) is 12.5. The van der Waals surface area contributed by atoms with Crippen LogP contribution in [0.3, 0.4) is 0 Å². The lowest BCUT2D eigenvalue weighted by Gasteiger charge is -2.09. The average Bonchev–Trinajstić information content (AvgIpc) is 2.36. The molecule has 0 unspecified atom stereocenters. The summed E-state index contributed by atoms with van der Waals surface area (Å²) in [4.78, 5) is 11.8. The predicted octanol–water partition coefficient (Wildman–Crippen LogP) is 1.47. The minimum Gasteiger partial charge on any atom is -0.460 e. The highest BCUT2D eigenvalue weighted by molar-refractivity contribution is 7.89. The minimum atomic E-state index is -3.85. The third-order valence-electron chi connectivity index (χ3n) is 2.53. The van der Waals surface area contributed by atoms with E-state index < -0.39 is 16.0 Å². The van der Waals surface area contributed by atoms with Crippen molar-refractivity contribution < 1.29 is 22.7 Å². The zero-order chi connectivity index (χ0) is 16.0. The second-order valence-electron chi connectivity index (χ2n) is 5.18. The van der Waals surface area contributed by atoms with Gasteiger partial charge in [0.25, 0.3) is 0 Å². The first kappa shape index (κ1) is 17.6. The molecule has 1 rings (SSSR count). The van der Waals surface area contributed by atoms with Gasteiger partial charge < -0.3 is 9.47 Å². The molecule has 0 aliphatic heterocycles. The van der Waals surface area contributed by atoms with Gasteiger partial charge in [0.2, 0.25) is 10.0 Å². The SMILES string of the molecule is Cc1cc(C(=O)OCCOCC(C)C)cc(S(N)(=O)=O)c1. The minimum absolute atomic E-state index is 0.106. The molecule has 1 aromatic carbocycles. The normalized spacial score (nSPS) is 11.7. The highest BCUT2D eigenvalue weighted by Gasteiger charge is 2.14. The molecule has 0 aliphatic rings. The summed E-state index contributed by atoms with van der Waals surface area (Å²) in [6, 6.07) is 4.16. The number of carbonyl (C=O) groups is 1. The van der Waals surface area contributed by atoms with Gasteiger partial charge in [-0.2, -0.15) is 0 Å². The van der Waals surface area contributed by atoms with Crippen LogP contribution >= 0.6 is 0 Å². The lowest BCUT2D eigenvalue weighted by atomic mass is 10.1. The number of carbonyl (C=O) groups excluding carboxylic acids is 1. The van der Waals surface area contributed by atoms with E-state index in [1.807, 2.05) is 13.8 Å². The zero-order valence-corrected chi connectivity index (χ0v) is 13.3. The summed E-state index contributed by atoms with van der Waals surface area (Å²) in [5.41, 5.74) is 0.771. The average molecular weight is 315 g/mol. The maximum Gasteiger partial charge on any atom is 0.338 e. The van der Waals surface area contributed by atoms with Crippen LogP contribution in [0.25, 0.3) is 0 Å². The molecule has 118 valence electrons.